The molecule has 1 fully saturated rings. The van der Waals surface area contributed by atoms with Crippen LogP contribution in [0.15, 0.2) is 35.7 Å². The third-order valence-electron chi connectivity index (χ3n) is 8.18. The molecule has 0 radical (unpaired) electrons. The van der Waals surface area contributed by atoms with Crippen molar-refractivity contribution in [3.05, 3.63) is 53.1 Å². The van der Waals surface area contributed by atoms with Gasteiger partial charge in [-0.2, -0.15) is 0 Å². The Labute approximate surface area is 244 Å². The number of aromatic amines is 1. The van der Waals surface area contributed by atoms with Gasteiger partial charge in [-0.05, 0) is 55.7 Å². The quantitative estimate of drug-likeness (QED) is 0.279. The number of carbonyl (C=O) groups is 1. The van der Waals surface area contributed by atoms with Gasteiger partial charge < -0.3 is 30.7 Å². The molecule has 2 unspecified atom stereocenters. The van der Waals surface area contributed by atoms with Crippen molar-refractivity contribution in [3.8, 4) is 11.3 Å². The first-order valence-electron chi connectivity index (χ1n) is 14.4. The monoisotopic (exact) mass is 572 g/mol. The molecule has 2 aromatic carbocycles. The van der Waals surface area contributed by atoms with E-state index in [1.807, 2.05) is 33.8 Å². The summed E-state index contributed by atoms with van der Waals surface area (Å²) in [7, 11) is 0. The van der Waals surface area contributed by atoms with E-state index in [9.17, 15) is 4.79 Å². The minimum Gasteiger partial charge on any atom is -0.369 e. The van der Waals surface area contributed by atoms with Crippen LogP contribution in [0.2, 0.25) is 0 Å². The van der Waals surface area contributed by atoms with Gasteiger partial charge in [0.2, 0.25) is 12.1 Å². The van der Waals surface area contributed by atoms with Crippen LogP contribution in [0.25, 0.3) is 33.2 Å². The Morgan fingerprint density at radius 2 is 1.93 bits per heavy atom. The van der Waals surface area contributed by atoms with Gasteiger partial charge in [-0.15, -0.1) is 0 Å². The van der Waals surface area contributed by atoms with E-state index in [0.29, 0.717) is 28.0 Å². The number of aromatic nitrogens is 3. The summed E-state index contributed by atoms with van der Waals surface area (Å²) in [5, 5.41) is 15.0. The number of amidine groups is 1. The van der Waals surface area contributed by atoms with Crippen LogP contribution in [0.5, 0.6) is 0 Å². The third kappa shape index (κ3) is 4.91. The number of fused-ring (bicyclic) bond motifs is 3. The summed E-state index contributed by atoms with van der Waals surface area (Å²) in [5.41, 5.74) is 5.71. The molecule has 0 spiro atoms. The normalized spacial score (nSPS) is 18.1. The molecular weight excluding hydrogens is 535 g/mol. The zero-order chi connectivity index (χ0) is 29.8. The molecule has 42 heavy (non-hydrogen) atoms. The minimum absolute atomic E-state index is 0.106. The van der Waals surface area contributed by atoms with Crippen LogP contribution < -0.4 is 20.9 Å². The second-order valence-electron chi connectivity index (χ2n) is 12.3. The fourth-order valence-corrected chi connectivity index (χ4v) is 5.78. The van der Waals surface area contributed by atoms with E-state index < -0.39 is 18.2 Å². The molecule has 0 bridgehead atoms. The summed E-state index contributed by atoms with van der Waals surface area (Å²) >= 11 is 0. The number of hydrogen-bond donors (Lipinski definition) is 4. The van der Waals surface area contributed by atoms with Gasteiger partial charge in [-0.1, -0.05) is 32.0 Å². The van der Waals surface area contributed by atoms with Gasteiger partial charge in [0.15, 0.2) is 0 Å². The van der Waals surface area contributed by atoms with Crippen molar-refractivity contribution in [2.24, 2.45) is 10.6 Å². The maximum atomic E-state index is 16.1. The van der Waals surface area contributed by atoms with E-state index in [0.717, 1.165) is 48.0 Å². The lowest BCUT2D eigenvalue weighted by molar-refractivity contribution is -0.115. The molecule has 0 aliphatic carbocycles. The van der Waals surface area contributed by atoms with Crippen molar-refractivity contribution in [2.45, 2.75) is 53.8 Å². The second-order valence-corrected chi connectivity index (χ2v) is 12.3. The highest BCUT2D eigenvalue weighted by Crippen LogP contribution is 2.38. The molecule has 4 aromatic rings. The number of hydrogen-bond acceptors (Lipinski definition) is 8. The van der Waals surface area contributed by atoms with Gasteiger partial charge >= 0.3 is 0 Å². The number of amides is 1. The molecule has 4 heterocycles. The van der Waals surface area contributed by atoms with Crippen LogP contribution in [0, 0.1) is 25.1 Å². The number of H-pyrrole nitrogens is 1. The zero-order valence-electron chi connectivity index (χ0n) is 24.9. The standard InChI is InChI=1S/C31H37FN8O2/c1-16-13-21-22(14-23(16)40-11-9-33-10-12-40)37-27-24(21)26(34-15-35-27)20-8-7-19(17(2)25(20)32)18(3)36-29(41)28-38-30(42-39-28)31(4,5)6/h7-8,13-15,18,30,33H,9-12H2,1-6H3,(H,36,41)(H,38,39)(H,34,35,37). The molecule has 0 saturated carbocycles. The number of nitrogens with one attached hydrogen (secondary N) is 4. The highest BCUT2D eigenvalue weighted by molar-refractivity contribution is 6.38. The number of benzene rings is 2. The number of aryl methyl sites for hydroxylation is 1. The van der Waals surface area contributed by atoms with Crippen LogP contribution in [-0.2, 0) is 9.63 Å². The summed E-state index contributed by atoms with van der Waals surface area (Å²) in [6, 6.07) is 7.40. The highest BCUT2D eigenvalue weighted by atomic mass is 19.1. The topological polar surface area (TPSA) is 120 Å². The van der Waals surface area contributed by atoms with Crippen LogP contribution in [0.1, 0.15) is 50.4 Å². The molecule has 2 aromatic heterocycles. The van der Waals surface area contributed by atoms with E-state index in [2.05, 4.69) is 60.0 Å². The Hall–Kier alpha value is -4.25. The second kappa shape index (κ2) is 10.5. The van der Waals surface area contributed by atoms with Gasteiger partial charge in [0, 0.05) is 53.7 Å². The molecule has 10 nitrogen and oxygen atoms in total. The van der Waals surface area contributed by atoms with Gasteiger partial charge in [0.25, 0.3) is 5.91 Å². The number of anilines is 1. The van der Waals surface area contributed by atoms with Crippen molar-refractivity contribution in [1.82, 2.24) is 30.9 Å². The molecule has 2 atom stereocenters. The van der Waals surface area contributed by atoms with E-state index >= 15 is 4.39 Å². The number of nitrogens with zero attached hydrogens (tertiary/aromatic N) is 4. The lowest BCUT2D eigenvalue weighted by Gasteiger charge is -2.30. The van der Waals surface area contributed by atoms with Gasteiger partial charge in [0.1, 0.15) is 17.8 Å². The Bertz CT molecular complexity index is 1720. The fourth-order valence-electron chi connectivity index (χ4n) is 5.78. The molecule has 6 rings (SSSR count). The summed E-state index contributed by atoms with van der Waals surface area (Å²) in [5.74, 6) is -0.691. The molecular formula is C31H37FN8O2. The largest absolute Gasteiger partial charge is 0.369 e. The van der Waals surface area contributed by atoms with Crippen LogP contribution >= 0.6 is 0 Å². The first kappa shape index (κ1) is 27.9. The Balaban J connectivity index is 1.31. The van der Waals surface area contributed by atoms with Crippen molar-refractivity contribution in [3.63, 3.8) is 0 Å². The Kier molecular flexibility index (Phi) is 7.00. The molecule has 11 heteroatoms. The molecule has 220 valence electrons. The number of oxime groups is 1. The van der Waals surface area contributed by atoms with E-state index in [1.54, 1.807) is 13.0 Å². The zero-order valence-corrected chi connectivity index (χ0v) is 24.9. The van der Waals surface area contributed by atoms with E-state index in [1.165, 1.54) is 12.0 Å². The summed E-state index contributed by atoms with van der Waals surface area (Å²) in [6.45, 7) is 15.4. The first-order valence-corrected chi connectivity index (χ1v) is 14.4. The average molecular weight is 573 g/mol. The maximum absolute atomic E-state index is 16.1. The number of piperazine rings is 1. The first-order chi connectivity index (χ1) is 20.0. The van der Waals surface area contributed by atoms with Gasteiger partial charge in [-0.3, -0.25) is 4.79 Å². The van der Waals surface area contributed by atoms with Crippen LogP contribution in [0.4, 0.5) is 10.1 Å². The van der Waals surface area contributed by atoms with E-state index in [-0.39, 0.29) is 17.1 Å². The Morgan fingerprint density at radius 3 is 2.64 bits per heavy atom. The summed E-state index contributed by atoms with van der Waals surface area (Å²) < 4.78 is 16.1. The smallest absolute Gasteiger partial charge is 0.290 e. The SMILES string of the molecule is Cc1cc2c(cc1N1CCNCC1)[nH]c1ncnc(-c3ccc(C(C)NC(=O)C4=NOC(C(C)(C)C)N4)c(C)c3F)c12. The lowest BCUT2D eigenvalue weighted by atomic mass is 9.94. The molecule has 1 saturated heterocycles. The molecule has 4 N–H and O–H groups in total. The van der Waals surface area contributed by atoms with Crippen molar-refractivity contribution < 1.29 is 14.0 Å². The van der Waals surface area contributed by atoms with Crippen molar-refractivity contribution >= 4 is 39.4 Å². The minimum atomic E-state index is -0.469. The third-order valence-corrected chi connectivity index (χ3v) is 8.18. The van der Waals surface area contributed by atoms with Crippen molar-refractivity contribution in [2.75, 3.05) is 31.1 Å². The van der Waals surface area contributed by atoms with Crippen molar-refractivity contribution in [1.29, 1.82) is 0 Å². The predicted octanol–water partition coefficient (Wildman–Crippen LogP) is 4.43. The van der Waals surface area contributed by atoms with Gasteiger partial charge in [0.05, 0.1) is 17.1 Å². The van der Waals surface area contributed by atoms with Crippen LogP contribution in [0.3, 0.4) is 0 Å². The van der Waals surface area contributed by atoms with Gasteiger partial charge in [-0.25, -0.2) is 14.4 Å². The fraction of sp³-hybridized carbons (Fsp3) is 0.419. The molecule has 1 amide bonds. The van der Waals surface area contributed by atoms with E-state index in [4.69, 9.17) is 4.84 Å². The molecule has 2 aliphatic rings. The predicted molar refractivity (Wildman–Crippen MR) is 163 cm³/mol. The lowest BCUT2D eigenvalue weighted by Crippen LogP contribution is -2.46. The Morgan fingerprint density at radius 1 is 1.17 bits per heavy atom. The highest BCUT2D eigenvalue weighted by Gasteiger charge is 2.34. The summed E-state index contributed by atoms with van der Waals surface area (Å²) in [6.07, 6.45) is 1.06. The number of rotatable bonds is 5. The molecule has 2 aliphatic heterocycles. The average Bonchev–Trinajstić information content (AvgIpc) is 3.60. The number of halogens is 1. The maximum Gasteiger partial charge on any atom is 0.290 e. The number of carbonyl (C=O) groups excluding carboxylic acids is 1. The van der Waals surface area contributed by atoms with Crippen LogP contribution in [-0.4, -0.2) is 59.1 Å². The summed E-state index contributed by atoms with van der Waals surface area (Å²) in [4.78, 5) is 33.1.